The number of nitrogens with zero attached hydrogens (tertiary/aromatic N) is 1. The van der Waals surface area contributed by atoms with Crippen LogP contribution in [0.3, 0.4) is 0 Å². The Kier molecular flexibility index (Phi) is 2.00. The van der Waals surface area contributed by atoms with E-state index >= 15 is 0 Å². The van der Waals surface area contributed by atoms with E-state index in [1.54, 1.807) is 13.0 Å². The van der Waals surface area contributed by atoms with Crippen molar-refractivity contribution < 1.29 is 14.3 Å². The number of benzene rings is 1. The Morgan fingerprint density at radius 2 is 2.13 bits per heavy atom. The van der Waals surface area contributed by atoms with E-state index in [4.69, 9.17) is 0 Å². The van der Waals surface area contributed by atoms with Crippen molar-refractivity contribution in [3.05, 3.63) is 29.7 Å². The number of aromatic hydroxyl groups is 1. The number of hydrogen-bond acceptors (Lipinski definition) is 2. The molecule has 0 saturated heterocycles. The first-order valence-corrected chi connectivity index (χ1v) is 4.53. The van der Waals surface area contributed by atoms with Crippen LogP contribution in [0.2, 0.25) is 0 Å². The molecule has 2 aromatic rings. The van der Waals surface area contributed by atoms with Crippen molar-refractivity contribution in [2.75, 3.05) is 0 Å². The quantitative estimate of drug-likeness (QED) is 0.721. The summed E-state index contributed by atoms with van der Waals surface area (Å²) in [4.78, 5) is 11.3. The fraction of sp³-hybridized carbons (Fsp3) is 0.182. The Bertz CT molecular complexity index is 557. The molecule has 0 aliphatic carbocycles. The van der Waals surface area contributed by atoms with Gasteiger partial charge in [0.05, 0.1) is 5.52 Å². The minimum absolute atomic E-state index is 0.174. The van der Waals surface area contributed by atoms with Crippen LogP contribution in [0.25, 0.3) is 10.9 Å². The number of carbonyl (C=O) groups excluding carboxylic acids is 1. The first kappa shape index (κ1) is 9.71. The monoisotopic (exact) mass is 207 g/mol. The molecule has 0 aliphatic rings. The first-order chi connectivity index (χ1) is 7.02. The third-order valence-corrected chi connectivity index (χ3v) is 2.40. The summed E-state index contributed by atoms with van der Waals surface area (Å²) in [5.41, 5.74) is 1.14. The second-order valence-corrected chi connectivity index (χ2v) is 3.47. The highest BCUT2D eigenvalue weighted by atomic mass is 19.1. The second kappa shape index (κ2) is 3.08. The van der Waals surface area contributed by atoms with Crippen molar-refractivity contribution in [1.29, 1.82) is 0 Å². The molecule has 4 heteroatoms. The van der Waals surface area contributed by atoms with Crippen LogP contribution in [-0.2, 0) is 0 Å². The maximum absolute atomic E-state index is 13.5. The molecule has 1 N–H and O–H groups in total. The number of phenols is 1. The van der Waals surface area contributed by atoms with E-state index < -0.39 is 11.6 Å². The lowest BCUT2D eigenvalue weighted by atomic mass is 10.2. The molecule has 0 saturated carbocycles. The smallest absolute Gasteiger partial charge is 0.228 e. The van der Waals surface area contributed by atoms with E-state index in [-0.39, 0.29) is 11.3 Å². The Labute approximate surface area is 85.7 Å². The minimum atomic E-state index is -0.685. The third-order valence-electron chi connectivity index (χ3n) is 2.40. The van der Waals surface area contributed by atoms with Crippen molar-refractivity contribution in [3.63, 3.8) is 0 Å². The van der Waals surface area contributed by atoms with E-state index in [0.29, 0.717) is 11.2 Å². The molecule has 1 heterocycles. The average molecular weight is 207 g/mol. The first-order valence-electron chi connectivity index (χ1n) is 4.53. The van der Waals surface area contributed by atoms with Gasteiger partial charge < -0.3 is 5.11 Å². The fourth-order valence-corrected chi connectivity index (χ4v) is 1.78. The summed E-state index contributed by atoms with van der Waals surface area (Å²) in [7, 11) is 0. The van der Waals surface area contributed by atoms with Crippen molar-refractivity contribution in [1.82, 2.24) is 4.57 Å². The molecular formula is C11H10FNO2. The van der Waals surface area contributed by atoms with Crippen LogP contribution in [0.1, 0.15) is 17.4 Å². The standard InChI is InChI=1S/C11H10FNO2/c1-6-5-8-9(13(6)7(2)14)3-4-10(15)11(8)12/h3-5,15H,1-2H3. The lowest BCUT2D eigenvalue weighted by Crippen LogP contribution is -2.06. The summed E-state index contributed by atoms with van der Waals surface area (Å²) in [6.07, 6.45) is 0. The molecule has 2 rings (SSSR count). The van der Waals surface area contributed by atoms with E-state index in [9.17, 15) is 14.3 Å². The molecule has 78 valence electrons. The van der Waals surface area contributed by atoms with Gasteiger partial charge in [-0.15, -0.1) is 0 Å². The predicted octanol–water partition coefficient (Wildman–Crippen LogP) is 2.45. The Balaban J connectivity index is 2.91. The number of halogens is 1. The van der Waals surface area contributed by atoms with Crippen molar-refractivity contribution in [3.8, 4) is 5.75 Å². The SMILES string of the molecule is CC(=O)n1c(C)cc2c(F)c(O)ccc21. The topological polar surface area (TPSA) is 42.2 Å². The number of carbonyl (C=O) groups is 1. The summed E-state index contributed by atoms with van der Waals surface area (Å²) in [6, 6.07) is 4.32. The van der Waals surface area contributed by atoms with E-state index in [2.05, 4.69) is 0 Å². The van der Waals surface area contributed by atoms with Crippen molar-refractivity contribution in [2.24, 2.45) is 0 Å². The number of hydrogen-bond donors (Lipinski definition) is 1. The van der Waals surface area contributed by atoms with Crippen LogP contribution >= 0.6 is 0 Å². The van der Waals surface area contributed by atoms with Crippen LogP contribution in [0.4, 0.5) is 4.39 Å². The Morgan fingerprint density at radius 1 is 1.47 bits per heavy atom. The van der Waals surface area contributed by atoms with Gasteiger partial charge in [0.1, 0.15) is 0 Å². The highest BCUT2D eigenvalue weighted by Crippen LogP contribution is 2.27. The molecule has 0 atom stereocenters. The second-order valence-electron chi connectivity index (χ2n) is 3.47. The molecule has 15 heavy (non-hydrogen) atoms. The van der Waals surface area contributed by atoms with Gasteiger partial charge in [0.2, 0.25) is 5.91 Å². The summed E-state index contributed by atoms with van der Waals surface area (Å²) in [6.45, 7) is 3.13. The zero-order valence-corrected chi connectivity index (χ0v) is 8.41. The molecule has 0 fully saturated rings. The lowest BCUT2D eigenvalue weighted by molar-refractivity contribution is 0.0940. The molecule has 0 spiro atoms. The number of aromatic nitrogens is 1. The van der Waals surface area contributed by atoms with E-state index in [0.717, 1.165) is 0 Å². The fourth-order valence-electron chi connectivity index (χ4n) is 1.78. The van der Waals surface area contributed by atoms with Crippen molar-refractivity contribution in [2.45, 2.75) is 13.8 Å². The maximum Gasteiger partial charge on any atom is 0.228 e. The van der Waals surface area contributed by atoms with Crippen LogP contribution in [-0.4, -0.2) is 15.6 Å². The van der Waals surface area contributed by atoms with Crippen LogP contribution in [0.15, 0.2) is 18.2 Å². The normalized spacial score (nSPS) is 10.9. The van der Waals surface area contributed by atoms with Gasteiger partial charge in [0, 0.05) is 18.0 Å². The molecule has 1 aromatic carbocycles. The summed E-state index contributed by atoms with van der Waals surface area (Å²) in [5.74, 6) is -1.26. The molecule has 3 nitrogen and oxygen atoms in total. The van der Waals surface area contributed by atoms with Gasteiger partial charge in [-0.05, 0) is 25.1 Å². The van der Waals surface area contributed by atoms with E-state index in [1.165, 1.54) is 23.6 Å². The molecule has 0 bridgehead atoms. The van der Waals surface area contributed by atoms with Gasteiger partial charge in [-0.25, -0.2) is 4.39 Å². The van der Waals surface area contributed by atoms with Gasteiger partial charge in [-0.1, -0.05) is 0 Å². The van der Waals surface area contributed by atoms with Gasteiger partial charge in [0.15, 0.2) is 11.6 Å². The third kappa shape index (κ3) is 1.29. The number of fused-ring (bicyclic) bond motifs is 1. The summed E-state index contributed by atoms with van der Waals surface area (Å²) < 4.78 is 14.9. The minimum Gasteiger partial charge on any atom is -0.505 e. The van der Waals surface area contributed by atoms with Gasteiger partial charge in [-0.3, -0.25) is 9.36 Å². The lowest BCUT2D eigenvalue weighted by Gasteiger charge is -2.02. The summed E-state index contributed by atoms with van der Waals surface area (Å²) in [5, 5.41) is 9.45. The largest absolute Gasteiger partial charge is 0.505 e. The molecule has 0 amide bonds. The molecule has 1 aromatic heterocycles. The molecule has 0 unspecified atom stereocenters. The maximum atomic E-state index is 13.5. The predicted molar refractivity (Wildman–Crippen MR) is 54.6 cm³/mol. The van der Waals surface area contributed by atoms with Crippen LogP contribution < -0.4 is 0 Å². The number of aryl methyl sites for hydroxylation is 1. The van der Waals surface area contributed by atoms with Crippen molar-refractivity contribution >= 4 is 16.8 Å². The summed E-state index contributed by atoms with van der Waals surface area (Å²) >= 11 is 0. The Hall–Kier alpha value is -1.84. The van der Waals surface area contributed by atoms with Crippen LogP contribution in [0, 0.1) is 12.7 Å². The molecular weight excluding hydrogens is 197 g/mol. The highest BCUT2D eigenvalue weighted by molar-refractivity contribution is 5.93. The van der Waals surface area contributed by atoms with E-state index in [1.807, 2.05) is 0 Å². The highest BCUT2D eigenvalue weighted by Gasteiger charge is 2.14. The average Bonchev–Trinajstić information content (AvgIpc) is 2.49. The van der Waals surface area contributed by atoms with Gasteiger partial charge >= 0.3 is 0 Å². The molecule has 0 aliphatic heterocycles. The van der Waals surface area contributed by atoms with Gasteiger partial charge in [-0.2, -0.15) is 0 Å². The van der Waals surface area contributed by atoms with Crippen LogP contribution in [0.5, 0.6) is 5.75 Å². The number of rotatable bonds is 0. The number of phenolic OH excluding ortho intramolecular Hbond substituents is 1. The molecule has 0 radical (unpaired) electrons. The zero-order chi connectivity index (χ0) is 11.2. The van der Waals surface area contributed by atoms with Gasteiger partial charge in [0.25, 0.3) is 0 Å². The zero-order valence-electron chi connectivity index (χ0n) is 8.41. The Morgan fingerprint density at radius 3 is 2.73 bits per heavy atom.